The molecular formula is C19H27NO3. The Bertz CT molecular complexity index is 588. The Labute approximate surface area is 138 Å². The van der Waals surface area contributed by atoms with Crippen molar-refractivity contribution in [2.75, 3.05) is 20.8 Å². The van der Waals surface area contributed by atoms with E-state index in [4.69, 9.17) is 9.47 Å². The lowest BCUT2D eigenvalue weighted by Crippen LogP contribution is -2.55. The summed E-state index contributed by atoms with van der Waals surface area (Å²) in [6, 6.07) is 5.15. The van der Waals surface area contributed by atoms with Crippen molar-refractivity contribution >= 4 is 0 Å². The highest BCUT2D eigenvalue weighted by Crippen LogP contribution is 2.47. The highest BCUT2D eigenvalue weighted by Gasteiger charge is 2.45. The monoisotopic (exact) mass is 317 g/mol. The highest BCUT2D eigenvalue weighted by atomic mass is 16.5. The van der Waals surface area contributed by atoms with E-state index in [2.05, 4.69) is 17.0 Å². The van der Waals surface area contributed by atoms with Gasteiger partial charge in [-0.25, -0.2) is 0 Å². The fraction of sp³-hybridized carbons (Fsp3) is 0.684. The maximum Gasteiger partial charge on any atom is 0.161 e. The molecule has 1 saturated carbocycles. The van der Waals surface area contributed by atoms with Crippen LogP contribution in [0.2, 0.25) is 0 Å². The van der Waals surface area contributed by atoms with E-state index in [1.807, 2.05) is 0 Å². The molecular weight excluding hydrogens is 290 g/mol. The molecule has 1 aliphatic carbocycles. The predicted molar refractivity (Wildman–Crippen MR) is 89.1 cm³/mol. The molecule has 4 rings (SSSR count). The van der Waals surface area contributed by atoms with Gasteiger partial charge in [0.25, 0.3) is 0 Å². The smallest absolute Gasteiger partial charge is 0.161 e. The van der Waals surface area contributed by atoms with Crippen LogP contribution in [0.4, 0.5) is 0 Å². The van der Waals surface area contributed by atoms with Crippen LogP contribution in [0.15, 0.2) is 12.1 Å². The first-order chi connectivity index (χ1) is 11.2. The Balaban J connectivity index is 1.72. The topological polar surface area (TPSA) is 41.9 Å². The molecule has 1 N–H and O–H groups in total. The minimum absolute atomic E-state index is 0.166. The molecule has 4 atom stereocenters. The predicted octanol–water partition coefficient (Wildman–Crippen LogP) is 2.93. The fourth-order valence-electron chi connectivity index (χ4n) is 5.11. The lowest BCUT2D eigenvalue weighted by Gasteiger charge is -2.53. The molecule has 3 aliphatic rings. The zero-order valence-electron chi connectivity index (χ0n) is 14.1. The van der Waals surface area contributed by atoms with Crippen LogP contribution in [0.1, 0.15) is 49.3 Å². The van der Waals surface area contributed by atoms with E-state index in [1.165, 1.54) is 36.8 Å². The Hall–Kier alpha value is -1.26. The van der Waals surface area contributed by atoms with Crippen molar-refractivity contribution in [3.05, 3.63) is 23.3 Å². The Morgan fingerprint density at radius 2 is 1.83 bits per heavy atom. The number of piperidine rings is 1. The molecule has 4 unspecified atom stereocenters. The Morgan fingerprint density at radius 1 is 1.09 bits per heavy atom. The minimum Gasteiger partial charge on any atom is -0.493 e. The van der Waals surface area contributed by atoms with Gasteiger partial charge in [-0.05, 0) is 48.9 Å². The molecule has 1 saturated heterocycles. The van der Waals surface area contributed by atoms with Crippen molar-refractivity contribution in [3.63, 3.8) is 0 Å². The largest absolute Gasteiger partial charge is 0.493 e. The molecule has 0 aromatic heterocycles. The number of methoxy groups -OCH3 is 2. The standard InChI is InChI=1S/C19H27NO3/c1-22-18-9-12-7-8-20-15-6-4-3-5-13(15)17(21)11-16(20)14(12)10-19(18)23-2/h9-10,13,15-17,21H,3-8,11H2,1-2H3. The van der Waals surface area contributed by atoms with Crippen molar-refractivity contribution in [1.82, 2.24) is 4.90 Å². The van der Waals surface area contributed by atoms with E-state index in [-0.39, 0.29) is 6.10 Å². The van der Waals surface area contributed by atoms with Gasteiger partial charge in [-0.3, -0.25) is 4.90 Å². The summed E-state index contributed by atoms with van der Waals surface area (Å²) in [7, 11) is 3.38. The average molecular weight is 317 g/mol. The van der Waals surface area contributed by atoms with E-state index in [0.717, 1.165) is 30.9 Å². The minimum atomic E-state index is -0.166. The normalized spacial score (nSPS) is 33.3. The zero-order valence-corrected chi connectivity index (χ0v) is 14.1. The van der Waals surface area contributed by atoms with E-state index < -0.39 is 0 Å². The summed E-state index contributed by atoms with van der Waals surface area (Å²) in [5.74, 6) is 2.08. The summed E-state index contributed by atoms with van der Waals surface area (Å²) in [5.41, 5.74) is 2.68. The number of aliphatic hydroxyl groups is 1. The summed E-state index contributed by atoms with van der Waals surface area (Å²) >= 11 is 0. The first-order valence-electron chi connectivity index (χ1n) is 8.91. The van der Waals surface area contributed by atoms with Gasteiger partial charge in [-0.15, -0.1) is 0 Å². The van der Waals surface area contributed by atoms with Gasteiger partial charge in [0.1, 0.15) is 0 Å². The third-order valence-corrected chi connectivity index (χ3v) is 6.21. The van der Waals surface area contributed by atoms with Crippen molar-refractivity contribution in [1.29, 1.82) is 0 Å². The molecule has 2 aliphatic heterocycles. The fourth-order valence-corrected chi connectivity index (χ4v) is 5.11. The van der Waals surface area contributed by atoms with Crippen LogP contribution < -0.4 is 9.47 Å². The summed E-state index contributed by atoms with van der Waals surface area (Å²) in [6.45, 7) is 1.10. The third-order valence-electron chi connectivity index (χ3n) is 6.21. The molecule has 1 aromatic carbocycles. The Kier molecular flexibility index (Phi) is 3.98. The van der Waals surface area contributed by atoms with Crippen LogP contribution in [-0.2, 0) is 6.42 Å². The van der Waals surface area contributed by atoms with Gasteiger partial charge in [0.2, 0.25) is 0 Å². The number of ether oxygens (including phenoxy) is 2. The second-order valence-corrected chi connectivity index (χ2v) is 7.23. The molecule has 0 bridgehead atoms. The van der Waals surface area contributed by atoms with Gasteiger partial charge in [0.05, 0.1) is 20.3 Å². The van der Waals surface area contributed by atoms with Crippen molar-refractivity contribution in [2.45, 2.75) is 56.7 Å². The summed E-state index contributed by atoms with van der Waals surface area (Å²) < 4.78 is 11.0. The van der Waals surface area contributed by atoms with Gasteiger partial charge >= 0.3 is 0 Å². The maximum absolute atomic E-state index is 10.7. The molecule has 126 valence electrons. The molecule has 4 heteroatoms. The SMILES string of the molecule is COc1cc2c(cc1OC)C1CC(O)C3CCCCC3N1CC2. The van der Waals surface area contributed by atoms with E-state index in [1.54, 1.807) is 14.2 Å². The van der Waals surface area contributed by atoms with Gasteiger partial charge in [-0.2, -0.15) is 0 Å². The van der Waals surface area contributed by atoms with Crippen molar-refractivity contribution < 1.29 is 14.6 Å². The second-order valence-electron chi connectivity index (χ2n) is 7.23. The van der Waals surface area contributed by atoms with Crippen LogP contribution in [0, 0.1) is 5.92 Å². The molecule has 2 heterocycles. The number of aliphatic hydroxyl groups excluding tert-OH is 1. The highest BCUT2D eigenvalue weighted by molar-refractivity contribution is 5.49. The summed E-state index contributed by atoms with van der Waals surface area (Å²) in [6.07, 6.45) is 6.75. The first-order valence-corrected chi connectivity index (χ1v) is 8.91. The molecule has 2 fully saturated rings. The molecule has 0 spiro atoms. The number of nitrogens with zero attached hydrogens (tertiary/aromatic N) is 1. The number of rotatable bonds is 2. The maximum atomic E-state index is 10.7. The summed E-state index contributed by atoms with van der Waals surface area (Å²) in [5, 5.41) is 10.7. The third kappa shape index (κ3) is 2.43. The molecule has 23 heavy (non-hydrogen) atoms. The van der Waals surface area contributed by atoms with E-state index in [9.17, 15) is 5.11 Å². The second kappa shape index (κ2) is 5.99. The molecule has 0 radical (unpaired) electrons. The van der Waals surface area contributed by atoms with Crippen molar-refractivity contribution in [2.24, 2.45) is 5.92 Å². The number of benzene rings is 1. The summed E-state index contributed by atoms with van der Waals surface area (Å²) in [4.78, 5) is 2.67. The number of hydrogen-bond acceptors (Lipinski definition) is 4. The number of hydrogen-bond donors (Lipinski definition) is 1. The van der Waals surface area contributed by atoms with Crippen LogP contribution in [0.25, 0.3) is 0 Å². The Morgan fingerprint density at radius 3 is 2.61 bits per heavy atom. The first kappa shape index (κ1) is 15.3. The van der Waals surface area contributed by atoms with E-state index >= 15 is 0 Å². The van der Waals surface area contributed by atoms with Crippen LogP contribution in [0.3, 0.4) is 0 Å². The van der Waals surface area contributed by atoms with Gasteiger partial charge < -0.3 is 14.6 Å². The van der Waals surface area contributed by atoms with Gasteiger partial charge in [-0.1, -0.05) is 12.8 Å². The van der Waals surface area contributed by atoms with Crippen molar-refractivity contribution in [3.8, 4) is 11.5 Å². The zero-order chi connectivity index (χ0) is 16.0. The number of fused-ring (bicyclic) bond motifs is 5. The van der Waals surface area contributed by atoms with Crippen LogP contribution >= 0.6 is 0 Å². The quantitative estimate of drug-likeness (QED) is 0.911. The van der Waals surface area contributed by atoms with Crippen LogP contribution in [-0.4, -0.2) is 42.9 Å². The van der Waals surface area contributed by atoms with Gasteiger partial charge in [0, 0.05) is 24.5 Å². The average Bonchev–Trinajstić information content (AvgIpc) is 2.60. The lowest BCUT2D eigenvalue weighted by molar-refractivity contribution is -0.0713. The van der Waals surface area contributed by atoms with Gasteiger partial charge in [0.15, 0.2) is 11.5 Å². The molecule has 4 nitrogen and oxygen atoms in total. The van der Waals surface area contributed by atoms with Crippen LogP contribution in [0.5, 0.6) is 11.5 Å². The lowest BCUT2D eigenvalue weighted by atomic mass is 9.71. The molecule has 0 amide bonds. The molecule has 1 aromatic rings. The van der Waals surface area contributed by atoms with E-state index in [0.29, 0.717) is 18.0 Å².